The molecule has 0 amide bonds. The SMILES string of the molecule is CC1(C)c2cc(-c3ccccc3)ccc2-c2cc3c(cc21)c1ccc(-c2ccccc2)cc1n3-c1ccc(-c2ccccc2)cc1. The van der Waals surface area contributed by atoms with E-state index in [-0.39, 0.29) is 5.41 Å². The molecule has 0 bridgehead atoms. The van der Waals surface area contributed by atoms with Gasteiger partial charge in [0, 0.05) is 21.9 Å². The number of nitrogens with zero attached hydrogens (tertiary/aromatic N) is 1. The van der Waals surface area contributed by atoms with Crippen LogP contribution in [-0.2, 0) is 5.41 Å². The van der Waals surface area contributed by atoms with Crippen LogP contribution in [0, 0.1) is 0 Å². The normalized spacial score (nSPS) is 13.2. The third kappa shape index (κ3) is 4.09. The van der Waals surface area contributed by atoms with Crippen molar-refractivity contribution >= 4 is 21.8 Å². The monoisotopic (exact) mass is 587 g/mol. The van der Waals surface area contributed by atoms with Gasteiger partial charge in [-0.15, -0.1) is 0 Å². The maximum atomic E-state index is 2.48. The van der Waals surface area contributed by atoms with E-state index in [1.807, 2.05) is 0 Å². The third-order valence-corrected chi connectivity index (χ3v) is 10.0. The number of rotatable bonds is 4. The summed E-state index contributed by atoms with van der Waals surface area (Å²) in [6.45, 7) is 4.76. The van der Waals surface area contributed by atoms with Gasteiger partial charge in [0.05, 0.1) is 11.0 Å². The van der Waals surface area contributed by atoms with Gasteiger partial charge >= 0.3 is 0 Å². The first kappa shape index (κ1) is 26.7. The van der Waals surface area contributed by atoms with Crippen molar-refractivity contribution in [2.75, 3.05) is 0 Å². The van der Waals surface area contributed by atoms with Gasteiger partial charge in [-0.1, -0.05) is 141 Å². The average Bonchev–Trinajstić information content (AvgIpc) is 3.55. The predicted octanol–water partition coefficient (Wildman–Crippen LogP) is 12.1. The molecule has 0 unspecified atom stereocenters. The first-order valence-corrected chi connectivity index (χ1v) is 16.1. The lowest BCUT2D eigenvalue weighted by molar-refractivity contribution is 0.661. The van der Waals surface area contributed by atoms with Gasteiger partial charge in [-0.3, -0.25) is 0 Å². The zero-order valence-corrected chi connectivity index (χ0v) is 26.0. The second-order valence-electron chi connectivity index (χ2n) is 13.0. The van der Waals surface area contributed by atoms with Gasteiger partial charge in [0.1, 0.15) is 0 Å². The Hall–Kier alpha value is -5.66. The van der Waals surface area contributed by atoms with E-state index in [9.17, 15) is 0 Å². The molecule has 0 saturated heterocycles. The van der Waals surface area contributed by atoms with Gasteiger partial charge < -0.3 is 4.57 Å². The zero-order valence-electron chi connectivity index (χ0n) is 26.0. The van der Waals surface area contributed by atoms with E-state index in [1.54, 1.807) is 0 Å². The summed E-state index contributed by atoms with van der Waals surface area (Å²) in [6.07, 6.45) is 0. The number of benzene rings is 7. The molecule has 1 nitrogen and oxygen atoms in total. The number of aromatic nitrogens is 1. The maximum Gasteiger partial charge on any atom is 0.0547 e. The summed E-state index contributed by atoms with van der Waals surface area (Å²) in [5.74, 6) is 0. The number of fused-ring (bicyclic) bond motifs is 6. The zero-order chi connectivity index (χ0) is 30.8. The van der Waals surface area contributed by atoms with E-state index in [4.69, 9.17) is 0 Å². The Kier molecular flexibility index (Phi) is 5.92. The molecule has 46 heavy (non-hydrogen) atoms. The standard InChI is InChI=1S/C45H33N/c1-45(2)41-26-34(31-14-8-4-9-15-31)20-24-37(41)39-29-44-40(28-42(39)45)38-25-21-35(32-16-10-5-11-17-32)27-43(38)46(44)36-22-18-33(19-23-36)30-12-6-3-7-13-30/h3-29H,1-2H3. The molecular formula is C45H33N. The molecule has 0 radical (unpaired) electrons. The molecule has 0 N–H and O–H groups in total. The van der Waals surface area contributed by atoms with Crippen molar-refractivity contribution in [3.05, 3.63) is 175 Å². The lowest BCUT2D eigenvalue weighted by atomic mass is 9.81. The first-order chi connectivity index (χ1) is 22.6. The van der Waals surface area contributed by atoms with Gasteiger partial charge in [0.15, 0.2) is 0 Å². The van der Waals surface area contributed by atoms with Crippen LogP contribution in [0.4, 0.5) is 0 Å². The second kappa shape index (κ2) is 10.2. The van der Waals surface area contributed by atoms with E-state index in [1.165, 1.54) is 83.1 Å². The van der Waals surface area contributed by atoms with Crippen molar-refractivity contribution < 1.29 is 0 Å². The molecule has 1 heterocycles. The van der Waals surface area contributed by atoms with Gasteiger partial charge in [-0.25, -0.2) is 0 Å². The fourth-order valence-corrected chi connectivity index (χ4v) is 7.58. The van der Waals surface area contributed by atoms with Crippen molar-refractivity contribution in [3.8, 4) is 50.2 Å². The van der Waals surface area contributed by atoms with Gasteiger partial charge in [0.2, 0.25) is 0 Å². The Morgan fingerprint density at radius 2 is 0.848 bits per heavy atom. The summed E-state index contributed by atoms with van der Waals surface area (Å²) >= 11 is 0. The van der Waals surface area contributed by atoms with Crippen LogP contribution in [0.1, 0.15) is 25.0 Å². The molecule has 1 aromatic heterocycles. The minimum Gasteiger partial charge on any atom is -0.309 e. The molecule has 1 heteroatoms. The van der Waals surface area contributed by atoms with Crippen LogP contribution in [0.2, 0.25) is 0 Å². The molecule has 0 saturated carbocycles. The Labute approximate surface area is 270 Å². The minimum absolute atomic E-state index is 0.112. The lowest BCUT2D eigenvalue weighted by Gasteiger charge is -2.22. The molecule has 218 valence electrons. The van der Waals surface area contributed by atoms with Crippen molar-refractivity contribution in [2.45, 2.75) is 19.3 Å². The van der Waals surface area contributed by atoms with Crippen LogP contribution in [0.15, 0.2) is 164 Å². The number of hydrogen-bond acceptors (Lipinski definition) is 0. The highest BCUT2D eigenvalue weighted by molar-refractivity contribution is 6.12. The fourth-order valence-electron chi connectivity index (χ4n) is 7.58. The van der Waals surface area contributed by atoms with E-state index >= 15 is 0 Å². The summed E-state index contributed by atoms with van der Waals surface area (Å²) in [7, 11) is 0. The smallest absolute Gasteiger partial charge is 0.0547 e. The molecule has 0 spiro atoms. The topological polar surface area (TPSA) is 4.93 Å². The van der Waals surface area contributed by atoms with Crippen LogP contribution < -0.4 is 0 Å². The van der Waals surface area contributed by atoms with Gasteiger partial charge in [-0.2, -0.15) is 0 Å². The molecule has 1 aliphatic rings. The van der Waals surface area contributed by atoms with Crippen LogP contribution in [0.25, 0.3) is 72.0 Å². The van der Waals surface area contributed by atoms with Crippen molar-refractivity contribution in [1.82, 2.24) is 4.57 Å². The van der Waals surface area contributed by atoms with E-state index in [2.05, 4.69) is 182 Å². The summed E-state index contributed by atoms with van der Waals surface area (Å²) in [4.78, 5) is 0. The van der Waals surface area contributed by atoms with Crippen molar-refractivity contribution in [2.24, 2.45) is 0 Å². The third-order valence-electron chi connectivity index (χ3n) is 10.0. The van der Waals surface area contributed by atoms with Crippen LogP contribution in [-0.4, -0.2) is 4.57 Å². The summed E-state index contributed by atoms with van der Waals surface area (Å²) in [5, 5.41) is 2.58. The highest BCUT2D eigenvalue weighted by Gasteiger charge is 2.36. The molecular weight excluding hydrogens is 555 g/mol. The Morgan fingerprint density at radius 1 is 0.370 bits per heavy atom. The van der Waals surface area contributed by atoms with E-state index in [0.717, 1.165) is 0 Å². The van der Waals surface area contributed by atoms with E-state index < -0.39 is 0 Å². The number of hydrogen-bond donors (Lipinski definition) is 0. The summed E-state index contributed by atoms with van der Waals surface area (Å²) in [6, 6.07) is 60.0. The fraction of sp³-hybridized carbons (Fsp3) is 0.0667. The molecule has 9 rings (SSSR count). The maximum absolute atomic E-state index is 2.48. The molecule has 0 atom stereocenters. The Balaban J connectivity index is 1.28. The molecule has 1 aliphatic carbocycles. The highest BCUT2D eigenvalue weighted by Crippen LogP contribution is 2.52. The van der Waals surface area contributed by atoms with Crippen molar-refractivity contribution in [3.63, 3.8) is 0 Å². The Morgan fingerprint density at radius 3 is 1.48 bits per heavy atom. The first-order valence-electron chi connectivity index (χ1n) is 16.1. The molecule has 7 aromatic carbocycles. The minimum atomic E-state index is -0.112. The van der Waals surface area contributed by atoms with Crippen LogP contribution in [0.5, 0.6) is 0 Å². The Bertz CT molecular complexity index is 2400. The van der Waals surface area contributed by atoms with Gasteiger partial charge in [-0.05, 0) is 92.0 Å². The quantitative estimate of drug-likeness (QED) is 0.193. The van der Waals surface area contributed by atoms with E-state index in [0.29, 0.717) is 0 Å². The largest absolute Gasteiger partial charge is 0.309 e. The predicted molar refractivity (Wildman–Crippen MR) is 195 cm³/mol. The average molecular weight is 588 g/mol. The van der Waals surface area contributed by atoms with Crippen molar-refractivity contribution in [1.29, 1.82) is 0 Å². The second-order valence-corrected chi connectivity index (χ2v) is 13.0. The summed E-state index contributed by atoms with van der Waals surface area (Å²) < 4.78 is 2.47. The molecule has 8 aromatic rings. The highest BCUT2D eigenvalue weighted by atomic mass is 15.0. The molecule has 0 fully saturated rings. The van der Waals surface area contributed by atoms with Crippen LogP contribution >= 0.6 is 0 Å². The summed E-state index contributed by atoms with van der Waals surface area (Å²) in [5.41, 5.74) is 16.4. The van der Waals surface area contributed by atoms with Crippen LogP contribution in [0.3, 0.4) is 0 Å². The van der Waals surface area contributed by atoms with Gasteiger partial charge in [0.25, 0.3) is 0 Å². The lowest BCUT2D eigenvalue weighted by Crippen LogP contribution is -2.15. The molecule has 0 aliphatic heterocycles.